The topological polar surface area (TPSA) is 64.6 Å². The van der Waals surface area contributed by atoms with E-state index in [-0.39, 0.29) is 41.7 Å². The summed E-state index contributed by atoms with van der Waals surface area (Å²) in [5.41, 5.74) is 0.533. The number of methoxy groups -OCH3 is 1. The number of rotatable bonds is 3. The van der Waals surface area contributed by atoms with E-state index in [1.54, 1.807) is 18.2 Å². The van der Waals surface area contributed by atoms with Gasteiger partial charge in [0.05, 0.1) is 24.6 Å². The molecule has 2 saturated carbocycles. The summed E-state index contributed by atoms with van der Waals surface area (Å²) < 4.78 is 10.6. The first-order valence-electron chi connectivity index (χ1n) is 7.43. The van der Waals surface area contributed by atoms with Crippen LogP contribution in [0.4, 0.5) is 5.69 Å². The quantitative estimate of drug-likeness (QED) is 0.869. The van der Waals surface area contributed by atoms with Crippen LogP contribution in [0.3, 0.4) is 0 Å². The fraction of sp³-hybridized carbons (Fsp3) is 0.500. The van der Waals surface area contributed by atoms with E-state index in [1.165, 1.54) is 7.11 Å². The van der Waals surface area contributed by atoms with E-state index < -0.39 is 0 Å². The standard InChI is InChI=1S/C16H16ClNO4/c1-21-11-3-2-8(17)6-10(11)18-15(19)13-7-4-9-12(5-7)22-16(20)14(9)13/h2-3,6-7,9,12-14H,4-5H2,1H3,(H,18,19)/t7-,9+,12-,13+,14+/m0/s1. The van der Waals surface area contributed by atoms with Crippen molar-refractivity contribution in [3.63, 3.8) is 0 Å². The van der Waals surface area contributed by atoms with E-state index in [0.29, 0.717) is 16.5 Å². The van der Waals surface area contributed by atoms with Gasteiger partial charge in [0.15, 0.2) is 0 Å². The van der Waals surface area contributed by atoms with E-state index in [0.717, 1.165) is 12.8 Å². The number of anilines is 1. The predicted octanol–water partition coefficient (Wildman–Crippen LogP) is 2.48. The fourth-order valence-corrected chi connectivity index (χ4v) is 4.53. The molecule has 2 bridgehead atoms. The molecule has 0 radical (unpaired) electrons. The molecule has 0 aromatic heterocycles. The number of carbonyl (C=O) groups excluding carboxylic acids is 2. The number of nitrogens with one attached hydrogen (secondary N) is 1. The van der Waals surface area contributed by atoms with Crippen molar-refractivity contribution in [2.75, 3.05) is 12.4 Å². The van der Waals surface area contributed by atoms with Crippen LogP contribution in [-0.2, 0) is 14.3 Å². The molecule has 5 nitrogen and oxygen atoms in total. The van der Waals surface area contributed by atoms with Gasteiger partial charge in [-0.2, -0.15) is 0 Å². The highest BCUT2D eigenvalue weighted by Crippen LogP contribution is 2.57. The average molecular weight is 322 g/mol. The number of fused-ring (bicyclic) bond motifs is 1. The molecule has 116 valence electrons. The van der Waals surface area contributed by atoms with E-state index in [9.17, 15) is 9.59 Å². The Balaban J connectivity index is 1.59. The van der Waals surface area contributed by atoms with Crippen LogP contribution in [0.15, 0.2) is 18.2 Å². The Morgan fingerprint density at radius 2 is 2.23 bits per heavy atom. The van der Waals surface area contributed by atoms with Gasteiger partial charge >= 0.3 is 5.97 Å². The van der Waals surface area contributed by atoms with Crippen LogP contribution in [0, 0.1) is 23.7 Å². The van der Waals surface area contributed by atoms with Crippen LogP contribution in [0.2, 0.25) is 5.02 Å². The smallest absolute Gasteiger partial charge is 0.310 e. The van der Waals surface area contributed by atoms with Crippen molar-refractivity contribution in [3.05, 3.63) is 23.2 Å². The molecular weight excluding hydrogens is 306 g/mol. The van der Waals surface area contributed by atoms with Gasteiger partial charge in [0, 0.05) is 10.9 Å². The zero-order chi connectivity index (χ0) is 15.4. The van der Waals surface area contributed by atoms with Crippen molar-refractivity contribution >= 4 is 29.2 Å². The fourth-order valence-electron chi connectivity index (χ4n) is 4.36. The summed E-state index contributed by atoms with van der Waals surface area (Å²) in [6.07, 6.45) is 1.75. The molecule has 1 aliphatic heterocycles. The molecule has 0 unspecified atom stereocenters. The Labute approximate surface area is 132 Å². The Kier molecular flexibility index (Phi) is 3.08. The minimum atomic E-state index is -0.306. The third kappa shape index (κ3) is 1.92. The van der Waals surface area contributed by atoms with Crippen LogP contribution in [0.5, 0.6) is 5.75 Å². The van der Waals surface area contributed by atoms with Crippen molar-refractivity contribution in [1.29, 1.82) is 0 Å². The largest absolute Gasteiger partial charge is 0.495 e. The van der Waals surface area contributed by atoms with Crippen LogP contribution < -0.4 is 10.1 Å². The Morgan fingerprint density at radius 1 is 1.41 bits per heavy atom. The van der Waals surface area contributed by atoms with Gasteiger partial charge in [-0.3, -0.25) is 9.59 Å². The van der Waals surface area contributed by atoms with Crippen LogP contribution in [0.25, 0.3) is 0 Å². The summed E-state index contributed by atoms with van der Waals surface area (Å²) in [5, 5.41) is 3.39. The van der Waals surface area contributed by atoms with E-state index in [2.05, 4.69) is 5.32 Å². The maximum absolute atomic E-state index is 12.7. The molecule has 3 fully saturated rings. The maximum atomic E-state index is 12.7. The van der Waals surface area contributed by atoms with Gasteiger partial charge in [-0.1, -0.05) is 11.6 Å². The lowest BCUT2D eigenvalue weighted by molar-refractivity contribution is -0.145. The first kappa shape index (κ1) is 13.9. The average Bonchev–Trinajstić information content (AvgIpc) is 3.08. The molecule has 1 aromatic carbocycles. The second kappa shape index (κ2) is 4.88. The highest BCUT2D eigenvalue weighted by molar-refractivity contribution is 6.31. The monoisotopic (exact) mass is 321 g/mol. The van der Waals surface area contributed by atoms with E-state index in [1.807, 2.05) is 0 Å². The number of hydrogen-bond donors (Lipinski definition) is 1. The Bertz CT molecular complexity index is 660. The predicted molar refractivity (Wildman–Crippen MR) is 79.7 cm³/mol. The van der Waals surface area contributed by atoms with Crippen molar-refractivity contribution in [3.8, 4) is 5.75 Å². The number of halogens is 1. The van der Waals surface area contributed by atoms with Crippen LogP contribution >= 0.6 is 11.6 Å². The lowest BCUT2D eigenvalue weighted by Crippen LogP contribution is -2.35. The SMILES string of the molecule is COc1ccc(Cl)cc1NC(=O)[C@@H]1[C@H]2C[C@H]3[C@H]1C(=O)O[C@H]3C2. The summed E-state index contributed by atoms with van der Waals surface area (Å²) in [6.45, 7) is 0. The minimum absolute atomic E-state index is 0.0345. The maximum Gasteiger partial charge on any atom is 0.310 e. The molecule has 5 atom stereocenters. The second-order valence-electron chi connectivity index (χ2n) is 6.26. The zero-order valence-corrected chi connectivity index (χ0v) is 12.8. The highest BCUT2D eigenvalue weighted by Gasteiger charge is 2.63. The number of benzene rings is 1. The molecule has 22 heavy (non-hydrogen) atoms. The van der Waals surface area contributed by atoms with Gasteiger partial charge in [0.2, 0.25) is 5.91 Å². The van der Waals surface area contributed by atoms with Gasteiger partial charge in [-0.25, -0.2) is 0 Å². The molecule has 2 aliphatic carbocycles. The van der Waals surface area contributed by atoms with Crippen LogP contribution in [-0.4, -0.2) is 25.1 Å². The number of ether oxygens (including phenoxy) is 2. The summed E-state index contributed by atoms with van der Waals surface area (Å²) in [6, 6.07) is 5.06. The number of hydrogen-bond acceptors (Lipinski definition) is 4. The number of carbonyl (C=O) groups is 2. The van der Waals surface area contributed by atoms with E-state index in [4.69, 9.17) is 21.1 Å². The Morgan fingerprint density at radius 3 is 3.00 bits per heavy atom. The third-order valence-corrected chi connectivity index (χ3v) is 5.44. The summed E-state index contributed by atoms with van der Waals surface area (Å²) >= 11 is 5.98. The molecule has 3 aliphatic rings. The second-order valence-corrected chi connectivity index (χ2v) is 6.69. The molecule has 1 heterocycles. The van der Waals surface area contributed by atoms with Gasteiger partial charge in [-0.15, -0.1) is 0 Å². The minimum Gasteiger partial charge on any atom is -0.495 e. The first-order chi connectivity index (χ1) is 10.6. The Hall–Kier alpha value is -1.75. The number of amides is 1. The summed E-state index contributed by atoms with van der Waals surface area (Å²) in [5.74, 6) is 0.0522. The summed E-state index contributed by atoms with van der Waals surface area (Å²) in [4.78, 5) is 24.7. The van der Waals surface area contributed by atoms with Gasteiger partial charge in [0.1, 0.15) is 11.9 Å². The molecule has 1 aromatic rings. The van der Waals surface area contributed by atoms with Gasteiger partial charge < -0.3 is 14.8 Å². The van der Waals surface area contributed by atoms with E-state index >= 15 is 0 Å². The van der Waals surface area contributed by atoms with Crippen molar-refractivity contribution in [2.45, 2.75) is 18.9 Å². The molecule has 0 spiro atoms. The molecule has 1 amide bonds. The highest BCUT2D eigenvalue weighted by atomic mass is 35.5. The molecule has 6 heteroatoms. The lowest BCUT2D eigenvalue weighted by Gasteiger charge is -2.24. The molecule has 4 rings (SSSR count). The zero-order valence-electron chi connectivity index (χ0n) is 12.0. The van der Waals surface area contributed by atoms with Crippen molar-refractivity contribution < 1.29 is 19.1 Å². The lowest BCUT2D eigenvalue weighted by atomic mass is 9.79. The number of esters is 1. The molecule has 1 N–H and O–H groups in total. The summed E-state index contributed by atoms with van der Waals surface area (Å²) in [7, 11) is 1.54. The van der Waals surface area contributed by atoms with Crippen molar-refractivity contribution in [1.82, 2.24) is 0 Å². The van der Waals surface area contributed by atoms with Crippen molar-refractivity contribution in [2.24, 2.45) is 23.7 Å². The van der Waals surface area contributed by atoms with Crippen LogP contribution in [0.1, 0.15) is 12.8 Å². The third-order valence-electron chi connectivity index (χ3n) is 5.21. The van der Waals surface area contributed by atoms with Gasteiger partial charge in [0.25, 0.3) is 0 Å². The molecular formula is C16H16ClNO4. The van der Waals surface area contributed by atoms with Gasteiger partial charge in [-0.05, 0) is 37.0 Å². The molecule has 1 saturated heterocycles. The first-order valence-corrected chi connectivity index (χ1v) is 7.81. The normalized spacial score (nSPS) is 34.6.